The highest BCUT2D eigenvalue weighted by molar-refractivity contribution is 14.1. The van der Waals surface area contributed by atoms with Gasteiger partial charge >= 0.3 is 6.09 Å². The maximum atomic E-state index is 10.9. The molecule has 1 saturated carbocycles. The Morgan fingerprint density at radius 1 is 1.50 bits per heavy atom. The van der Waals surface area contributed by atoms with Crippen molar-refractivity contribution in [1.29, 1.82) is 0 Å². The first kappa shape index (κ1) is 15.6. The molecule has 1 amide bonds. The van der Waals surface area contributed by atoms with Crippen molar-refractivity contribution in [1.82, 2.24) is 0 Å². The number of nitrogens with two attached hydrogens (primary N) is 1. The van der Waals surface area contributed by atoms with Crippen LogP contribution in [0.5, 0.6) is 0 Å². The van der Waals surface area contributed by atoms with E-state index in [1.807, 2.05) is 12.1 Å². The number of hydrogen-bond acceptors (Lipinski definition) is 3. The standard InChI is InChI=1S/C15H20INO3/c1-3-8-15(19-2,10-6-4-5-7-12(10)16)11-9-13(11)20-14(17)18/h4-7,11,13H,3,8-9H2,1-2H3,(H2,17,18)/t11-,13?,15+/m0/s1. The summed E-state index contributed by atoms with van der Waals surface area (Å²) >= 11 is 2.33. The van der Waals surface area contributed by atoms with Gasteiger partial charge in [0.2, 0.25) is 0 Å². The molecular weight excluding hydrogens is 369 g/mol. The largest absolute Gasteiger partial charge is 0.446 e. The Morgan fingerprint density at radius 3 is 2.75 bits per heavy atom. The molecule has 3 atom stereocenters. The van der Waals surface area contributed by atoms with E-state index in [2.05, 4.69) is 41.6 Å². The van der Waals surface area contributed by atoms with Gasteiger partial charge in [0.1, 0.15) is 11.7 Å². The molecule has 0 bridgehead atoms. The minimum Gasteiger partial charge on any atom is -0.446 e. The van der Waals surface area contributed by atoms with Crippen LogP contribution in [0.1, 0.15) is 31.7 Å². The highest BCUT2D eigenvalue weighted by Crippen LogP contribution is 2.53. The van der Waals surface area contributed by atoms with E-state index < -0.39 is 11.7 Å². The Morgan fingerprint density at radius 2 is 2.20 bits per heavy atom. The lowest BCUT2D eigenvalue weighted by Crippen LogP contribution is -2.34. The molecule has 4 nitrogen and oxygen atoms in total. The zero-order valence-corrected chi connectivity index (χ0v) is 13.9. The first-order valence-corrected chi connectivity index (χ1v) is 7.89. The smallest absolute Gasteiger partial charge is 0.404 e. The fraction of sp³-hybridized carbons (Fsp3) is 0.533. The van der Waals surface area contributed by atoms with Gasteiger partial charge in [-0.2, -0.15) is 0 Å². The summed E-state index contributed by atoms with van der Waals surface area (Å²) in [5.41, 5.74) is 5.90. The molecule has 5 heteroatoms. The van der Waals surface area contributed by atoms with Crippen LogP contribution in [0.15, 0.2) is 24.3 Å². The summed E-state index contributed by atoms with van der Waals surface area (Å²) in [6.07, 6.45) is 1.87. The van der Waals surface area contributed by atoms with E-state index in [0.29, 0.717) is 0 Å². The van der Waals surface area contributed by atoms with Crippen molar-refractivity contribution in [3.05, 3.63) is 33.4 Å². The molecule has 0 aliphatic heterocycles. The molecule has 110 valence electrons. The average Bonchev–Trinajstić information content (AvgIpc) is 3.16. The van der Waals surface area contributed by atoms with E-state index in [-0.39, 0.29) is 12.0 Å². The van der Waals surface area contributed by atoms with E-state index in [1.54, 1.807) is 7.11 Å². The topological polar surface area (TPSA) is 61.6 Å². The number of hydrogen-bond donors (Lipinski definition) is 1. The SMILES string of the molecule is CCC[C@@](OC)(c1ccccc1I)[C@H]1CC1OC(N)=O. The van der Waals surface area contributed by atoms with Gasteiger partial charge in [-0.3, -0.25) is 0 Å². The van der Waals surface area contributed by atoms with Crippen LogP contribution in [-0.2, 0) is 15.1 Å². The van der Waals surface area contributed by atoms with E-state index in [1.165, 1.54) is 9.13 Å². The number of primary amides is 1. The molecule has 1 aromatic rings. The Hall–Kier alpha value is -0.820. The quantitative estimate of drug-likeness (QED) is 0.759. The first-order valence-electron chi connectivity index (χ1n) is 6.81. The molecule has 20 heavy (non-hydrogen) atoms. The van der Waals surface area contributed by atoms with Crippen LogP contribution in [0, 0.1) is 9.49 Å². The van der Waals surface area contributed by atoms with E-state index in [4.69, 9.17) is 15.2 Å². The molecular formula is C15H20INO3. The Balaban J connectivity index is 2.32. The fourth-order valence-corrected chi connectivity index (χ4v) is 3.84. The average molecular weight is 389 g/mol. The highest BCUT2D eigenvalue weighted by Gasteiger charge is 2.56. The maximum Gasteiger partial charge on any atom is 0.404 e. The van der Waals surface area contributed by atoms with Crippen LogP contribution < -0.4 is 5.73 Å². The van der Waals surface area contributed by atoms with Crippen molar-refractivity contribution in [2.45, 2.75) is 37.9 Å². The van der Waals surface area contributed by atoms with Crippen molar-refractivity contribution < 1.29 is 14.3 Å². The van der Waals surface area contributed by atoms with Gasteiger partial charge in [0, 0.05) is 16.6 Å². The van der Waals surface area contributed by atoms with Gasteiger partial charge in [-0.15, -0.1) is 0 Å². The minimum atomic E-state index is -0.707. The molecule has 2 rings (SSSR count). The van der Waals surface area contributed by atoms with E-state index >= 15 is 0 Å². The number of carbonyl (C=O) groups is 1. The van der Waals surface area contributed by atoms with Crippen LogP contribution >= 0.6 is 22.6 Å². The molecule has 1 aliphatic carbocycles. The second-order valence-electron chi connectivity index (χ2n) is 5.14. The Bertz CT molecular complexity index is 494. The molecule has 0 heterocycles. The molecule has 1 aliphatic rings. The normalized spacial score (nSPS) is 23.9. The summed E-state index contributed by atoms with van der Waals surface area (Å²) in [4.78, 5) is 10.9. The maximum absolute atomic E-state index is 10.9. The van der Waals surface area contributed by atoms with Crippen LogP contribution in [0.25, 0.3) is 0 Å². The van der Waals surface area contributed by atoms with Gasteiger partial charge in [-0.05, 0) is 47.1 Å². The predicted molar refractivity (Wildman–Crippen MR) is 85.3 cm³/mol. The van der Waals surface area contributed by atoms with Crippen LogP contribution in [0.4, 0.5) is 4.79 Å². The number of halogens is 1. The lowest BCUT2D eigenvalue weighted by atomic mass is 9.84. The summed E-state index contributed by atoms with van der Waals surface area (Å²) in [7, 11) is 1.73. The zero-order chi connectivity index (χ0) is 14.8. The summed E-state index contributed by atoms with van der Waals surface area (Å²) in [6, 6.07) is 8.21. The minimum absolute atomic E-state index is 0.130. The van der Waals surface area contributed by atoms with Crippen LogP contribution in [0.3, 0.4) is 0 Å². The number of rotatable bonds is 6. The first-order chi connectivity index (χ1) is 9.55. The van der Waals surface area contributed by atoms with Crippen LogP contribution in [0.2, 0.25) is 0 Å². The monoisotopic (exact) mass is 389 g/mol. The van der Waals surface area contributed by atoms with Crippen molar-refractivity contribution in [3.8, 4) is 0 Å². The number of carbonyl (C=O) groups excluding carboxylic acids is 1. The number of amides is 1. The third-order valence-corrected chi connectivity index (χ3v) is 4.85. The predicted octanol–water partition coefficient (Wildman–Crippen LogP) is 3.42. The molecule has 0 radical (unpaired) electrons. The molecule has 0 aromatic heterocycles. The third-order valence-electron chi connectivity index (χ3n) is 3.91. The van der Waals surface area contributed by atoms with E-state index in [9.17, 15) is 4.79 Å². The molecule has 1 unspecified atom stereocenters. The second kappa shape index (κ2) is 6.30. The molecule has 1 fully saturated rings. The van der Waals surface area contributed by atoms with E-state index in [0.717, 1.165) is 19.3 Å². The lowest BCUT2D eigenvalue weighted by molar-refractivity contribution is -0.0536. The van der Waals surface area contributed by atoms with Gasteiger partial charge in [-0.25, -0.2) is 4.79 Å². The summed E-state index contributed by atoms with van der Waals surface area (Å²) in [5.74, 6) is 0.177. The third kappa shape index (κ3) is 2.93. The Kier molecular flexibility index (Phi) is 4.90. The van der Waals surface area contributed by atoms with Gasteiger partial charge < -0.3 is 15.2 Å². The number of benzene rings is 1. The van der Waals surface area contributed by atoms with Crippen molar-refractivity contribution in [3.63, 3.8) is 0 Å². The van der Waals surface area contributed by atoms with Crippen molar-refractivity contribution >= 4 is 28.7 Å². The zero-order valence-electron chi connectivity index (χ0n) is 11.8. The Labute approximate surface area is 133 Å². The van der Waals surface area contributed by atoms with Crippen LogP contribution in [-0.4, -0.2) is 19.3 Å². The van der Waals surface area contributed by atoms with Gasteiger partial charge in [0.15, 0.2) is 0 Å². The highest BCUT2D eigenvalue weighted by atomic mass is 127. The summed E-state index contributed by atoms with van der Waals surface area (Å²) in [6.45, 7) is 2.13. The summed E-state index contributed by atoms with van der Waals surface area (Å²) in [5, 5.41) is 0. The van der Waals surface area contributed by atoms with Gasteiger partial charge in [0.05, 0.1) is 0 Å². The molecule has 0 spiro atoms. The van der Waals surface area contributed by atoms with Crippen molar-refractivity contribution in [2.75, 3.05) is 7.11 Å². The van der Waals surface area contributed by atoms with Crippen molar-refractivity contribution in [2.24, 2.45) is 11.7 Å². The summed E-state index contributed by atoms with van der Waals surface area (Å²) < 4.78 is 12.3. The fourth-order valence-electron chi connectivity index (χ4n) is 3.00. The molecule has 2 N–H and O–H groups in total. The van der Waals surface area contributed by atoms with Gasteiger partial charge in [0.25, 0.3) is 0 Å². The number of methoxy groups -OCH3 is 1. The lowest BCUT2D eigenvalue weighted by Gasteiger charge is -2.34. The second-order valence-corrected chi connectivity index (χ2v) is 6.30. The molecule has 0 saturated heterocycles. The van der Waals surface area contributed by atoms with Gasteiger partial charge in [-0.1, -0.05) is 31.5 Å². The number of ether oxygens (including phenoxy) is 2. The molecule has 1 aromatic carbocycles.